The number of hydrogen-bond donors (Lipinski definition) is 3. The Morgan fingerprint density at radius 2 is 1.94 bits per heavy atom. The molecule has 4 heteroatoms. The summed E-state index contributed by atoms with van der Waals surface area (Å²) >= 11 is 0. The number of anilines is 1. The van der Waals surface area contributed by atoms with E-state index in [1.807, 2.05) is 26.8 Å². The Bertz CT molecular complexity index is 442. The number of amides is 1. The van der Waals surface area contributed by atoms with Gasteiger partial charge in [-0.15, -0.1) is 0 Å². The molecule has 2 atom stereocenters. The van der Waals surface area contributed by atoms with Gasteiger partial charge in [0.25, 0.3) is 5.91 Å². The maximum absolute atomic E-state index is 12.1. The lowest BCUT2D eigenvalue weighted by Gasteiger charge is -2.17. The molecule has 0 heterocycles. The van der Waals surface area contributed by atoms with Gasteiger partial charge in [-0.1, -0.05) is 6.07 Å². The zero-order valence-corrected chi connectivity index (χ0v) is 11.4. The molecule has 1 aromatic carbocycles. The number of nitrogens with two attached hydrogens (primary N) is 1. The summed E-state index contributed by atoms with van der Waals surface area (Å²) in [5.74, 6) is -0.146. The number of nitrogen functional groups attached to an aromatic ring is 1. The van der Waals surface area contributed by atoms with E-state index in [0.717, 1.165) is 11.1 Å². The number of carbonyl (C=O) groups excluding carboxylic acids is 1. The van der Waals surface area contributed by atoms with Gasteiger partial charge in [0, 0.05) is 17.3 Å². The van der Waals surface area contributed by atoms with Gasteiger partial charge in [0.15, 0.2) is 0 Å². The Labute approximate surface area is 108 Å². The van der Waals surface area contributed by atoms with E-state index in [4.69, 9.17) is 5.73 Å². The minimum absolute atomic E-state index is 0.0700. The van der Waals surface area contributed by atoms with Crippen LogP contribution in [-0.4, -0.2) is 23.2 Å². The number of carbonyl (C=O) groups is 1. The average molecular weight is 250 g/mol. The molecule has 0 aromatic heterocycles. The van der Waals surface area contributed by atoms with E-state index in [-0.39, 0.29) is 11.9 Å². The minimum atomic E-state index is -0.426. The predicted octanol–water partition coefficient (Wildman–Crippen LogP) is 1.77. The molecule has 0 aliphatic rings. The molecule has 100 valence electrons. The van der Waals surface area contributed by atoms with Crippen molar-refractivity contribution in [2.24, 2.45) is 0 Å². The van der Waals surface area contributed by atoms with Crippen LogP contribution in [0.4, 0.5) is 5.69 Å². The van der Waals surface area contributed by atoms with Gasteiger partial charge in [-0.3, -0.25) is 4.79 Å². The number of hydrogen-bond acceptors (Lipinski definition) is 3. The van der Waals surface area contributed by atoms with Crippen molar-refractivity contribution in [1.82, 2.24) is 5.32 Å². The summed E-state index contributed by atoms with van der Waals surface area (Å²) in [5.41, 5.74) is 8.91. The Morgan fingerprint density at radius 1 is 1.33 bits per heavy atom. The van der Waals surface area contributed by atoms with Crippen molar-refractivity contribution in [2.45, 2.75) is 46.3 Å². The van der Waals surface area contributed by atoms with Crippen molar-refractivity contribution in [2.75, 3.05) is 5.73 Å². The highest BCUT2D eigenvalue weighted by Gasteiger charge is 2.14. The van der Waals surface area contributed by atoms with Crippen LogP contribution in [0, 0.1) is 13.8 Å². The third-order valence-corrected chi connectivity index (χ3v) is 2.93. The fraction of sp³-hybridized carbons (Fsp3) is 0.500. The van der Waals surface area contributed by atoms with Crippen LogP contribution in [0.25, 0.3) is 0 Å². The first kappa shape index (κ1) is 14.5. The molecule has 1 rings (SSSR count). The molecular formula is C14H22N2O2. The molecule has 0 saturated carbocycles. The highest BCUT2D eigenvalue weighted by Crippen LogP contribution is 2.18. The van der Waals surface area contributed by atoms with E-state index >= 15 is 0 Å². The molecule has 0 aliphatic carbocycles. The van der Waals surface area contributed by atoms with E-state index < -0.39 is 6.10 Å². The van der Waals surface area contributed by atoms with Crippen molar-refractivity contribution in [3.63, 3.8) is 0 Å². The van der Waals surface area contributed by atoms with Crippen LogP contribution in [0.2, 0.25) is 0 Å². The first-order chi connectivity index (χ1) is 8.31. The van der Waals surface area contributed by atoms with Gasteiger partial charge >= 0.3 is 0 Å². The van der Waals surface area contributed by atoms with Gasteiger partial charge in [0.2, 0.25) is 0 Å². The van der Waals surface area contributed by atoms with Gasteiger partial charge in [-0.2, -0.15) is 0 Å². The van der Waals surface area contributed by atoms with Gasteiger partial charge in [0.1, 0.15) is 0 Å². The normalized spacial score (nSPS) is 14.1. The van der Waals surface area contributed by atoms with Crippen molar-refractivity contribution in [1.29, 1.82) is 0 Å². The molecule has 0 radical (unpaired) electrons. The van der Waals surface area contributed by atoms with E-state index in [1.165, 1.54) is 0 Å². The summed E-state index contributed by atoms with van der Waals surface area (Å²) in [5, 5.41) is 12.1. The maximum Gasteiger partial charge on any atom is 0.251 e. The summed E-state index contributed by atoms with van der Waals surface area (Å²) in [7, 11) is 0. The van der Waals surface area contributed by atoms with E-state index in [9.17, 15) is 9.90 Å². The van der Waals surface area contributed by atoms with Gasteiger partial charge in [0.05, 0.1) is 6.10 Å². The van der Waals surface area contributed by atoms with E-state index in [0.29, 0.717) is 17.7 Å². The molecule has 2 unspecified atom stereocenters. The maximum atomic E-state index is 12.1. The van der Waals surface area contributed by atoms with Gasteiger partial charge < -0.3 is 16.2 Å². The molecule has 1 aromatic rings. The summed E-state index contributed by atoms with van der Waals surface area (Å²) < 4.78 is 0. The van der Waals surface area contributed by atoms with E-state index in [2.05, 4.69) is 5.32 Å². The second kappa shape index (κ2) is 5.87. The highest BCUT2D eigenvalue weighted by molar-refractivity contribution is 5.96. The zero-order chi connectivity index (χ0) is 13.9. The van der Waals surface area contributed by atoms with Crippen molar-refractivity contribution < 1.29 is 9.90 Å². The van der Waals surface area contributed by atoms with Crippen molar-refractivity contribution in [3.8, 4) is 0 Å². The molecule has 4 nitrogen and oxygen atoms in total. The number of aryl methyl sites for hydroxylation is 2. The summed E-state index contributed by atoms with van der Waals surface area (Å²) in [6, 6.07) is 3.54. The van der Waals surface area contributed by atoms with Crippen LogP contribution >= 0.6 is 0 Å². The zero-order valence-electron chi connectivity index (χ0n) is 11.4. The third-order valence-electron chi connectivity index (χ3n) is 2.93. The minimum Gasteiger partial charge on any atom is -0.398 e. The number of rotatable bonds is 4. The number of nitrogens with one attached hydrogen (secondary N) is 1. The molecule has 0 spiro atoms. The Morgan fingerprint density at radius 3 is 2.50 bits per heavy atom. The summed E-state index contributed by atoms with van der Waals surface area (Å²) in [6.07, 6.45) is 0.107. The quantitative estimate of drug-likeness (QED) is 0.713. The number of benzene rings is 1. The Hall–Kier alpha value is -1.55. The topological polar surface area (TPSA) is 75.3 Å². The van der Waals surface area contributed by atoms with Gasteiger partial charge in [-0.25, -0.2) is 0 Å². The average Bonchev–Trinajstić information content (AvgIpc) is 2.21. The second-order valence-electron chi connectivity index (χ2n) is 4.98. The lowest BCUT2D eigenvalue weighted by Crippen LogP contribution is -2.35. The standard InChI is InChI=1S/C14H22N2O2/c1-8-5-9(2)13(15)7-12(8)14(18)16-10(3)6-11(4)17/h5,7,10-11,17H,6,15H2,1-4H3,(H,16,18). The van der Waals surface area contributed by atoms with Crippen LogP contribution in [0.5, 0.6) is 0 Å². The van der Waals surface area contributed by atoms with Crippen LogP contribution < -0.4 is 11.1 Å². The van der Waals surface area contributed by atoms with Crippen LogP contribution in [0.1, 0.15) is 41.8 Å². The Balaban J connectivity index is 2.82. The highest BCUT2D eigenvalue weighted by atomic mass is 16.3. The fourth-order valence-electron chi connectivity index (χ4n) is 1.99. The molecule has 1 amide bonds. The van der Waals surface area contributed by atoms with Crippen LogP contribution in [0.15, 0.2) is 12.1 Å². The first-order valence-corrected chi connectivity index (χ1v) is 6.17. The third kappa shape index (κ3) is 3.74. The molecule has 0 bridgehead atoms. The SMILES string of the molecule is Cc1cc(C)c(C(=O)NC(C)CC(C)O)cc1N. The van der Waals surface area contributed by atoms with Gasteiger partial charge in [-0.05, 0) is 51.3 Å². The second-order valence-corrected chi connectivity index (χ2v) is 4.98. The molecule has 0 fully saturated rings. The number of aliphatic hydroxyl groups excluding tert-OH is 1. The smallest absolute Gasteiger partial charge is 0.251 e. The lowest BCUT2D eigenvalue weighted by atomic mass is 10.0. The monoisotopic (exact) mass is 250 g/mol. The van der Waals surface area contributed by atoms with Crippen molar-refractivity contribution >= 4 is 11.6 Å². The molecule has 4 N–H and O–H groups in total. The molecular weight excluding hydrogens is 228 g/mol. The largest absolute Gasteiger partial charge is 0.398 e. The molecule has 0 saturated heterocycles. The van der Waals surface area contributed by atoms with Crippen LogP contribution in [-0.2, 0) is 0 Å². The van der Waals surface area contributed by atoms with Crippen molar-refractivity contribution in [3.05, 3.63) is 28.8 Å². The Kier molecular flexibility index (Phi) is 4.73. The number of aliphatic hydroxyl groups is 1. The summed E-state index contributed by atoms with van der Waals surface area (Å²) in [6.45, 7) is 7.38. The predicted molar refractivity (Wildman–Crippen MR) is 73.6 cm³/mol. The van der Waals surface area contributed by atoms with Crippen LogP contribution in [0.3, 0.4) is 0 Å². The molecule has 18 heavy (non-hydrogen) atoms. The first-order valence-electron chi connectivity index (χ1n) is 6.17. The van der Waals surface area contributed by atoms with E-state index in [1.54, 1.807) is 13.0 Å². The fourth-order valence-corrected chi connectivity index (χ4v) is 1.99. The summed E-state index contributed by atoms with van der Waals surface area (Å²) in [4.78, 5) is 12.1. The molecule has 0 aliphatic heterocycles. The lowest BCUT2D eigenvalue weighted by molar-refractivity contribution is 0.0922.